The minimum absolute atomic E-state index is 1.12. The molecule has 0 rings (SSSR count). The van der Waals surface area contributed by atoms with Crippen LogP contribution in [0.1, 0.15) is 13.8 Å². The molecule has 0 fully saturated rings. The number of aliphatic hydroxyl groups is 2. The molecule has 0 aliphatic carbocycles. The van der Waals surface area contributed by atoms with E-state index < -0.39 is 44.7 Å². The summed E-state index contributed by atoms with van der Waals surface area (Å²) >= 11 is -4.25. The number of carbonyl (C=O) groups is 2. The Labute approximate surface area is 87.8 Å². The Morgan fingerprint density at radius 2 is 1.36 bits per heavy atom. The van der Waals surface area contributed by atoms with Gasteiger partial charge in [0.05, 0.1) is 0 Å². The van der Waals surface area contributed by atoms with Crippen molar-refractivity contribution in [3.8, 4) is 0 Å². The average Bonchev–Trinajstić information content (AvgIpc) is 2.03. The molecule has 0 spiro atoms. The Kier molecular flexibility index (Phi) is 5.81. The van der Waals surface area contributed by atoms with Gasteiger partial charge in [0.15, 0.2) is 0 Å². The predicted molar refractivity (Wildman–Crippen MR) is 42.0 cm³/mol. The summed E-state index contributed by atoms with van der Waals surface area (Å²) in [5, 5.41) is 17.3. The van der Waals surface area contributed by atoms with Gasteiger partial charge in [0, 0.05) is 0 Å². The number of rotatable bonds is 4. The second-order valence-corrected chi connectivity index (χ2v) is 5.04. The van der Waals surface area contributed by atoms with Crippen molar-refractivity contribution in [1.82, 2.24) is 0 Å². The fraction of sp³-hybridized carbons (Fsp3) is 0.667. The fourth-order valence-electron chi connectivity index (χ4n) is 0.356. The van der Waals surface area contributed by atoms with Gasteiger partial charge in [-0.2, -0.15) is 0 Å². The second kappa shape index (κ2) is 6.04. The van der Waals surface area contributed by atoms with Gasteiger partial charge in [0.25, 0.3) is 0 Å². The molecule has 0 aliphatic rings. The molecule has 8 heteroatoms. The summed E-state index contributed by atoms with van der Waals surface area (Å²) in [6.07, 6.45) is -2.85. The molecule has 0 heterocycles. The van der Waals surface area contributed by atoms with E-state index in [1.807, 2.05) is 0 Å². The van der Waals surface area contributed by atoms with E-state index in [1.165, 1.54) is 0 Å². The summed E-state index contributed by atoms with van der Waals surface area (Å²) in [4.78, 5) is 21.3. The van der Waals surface area contributed by atoms with E-state index in [0.29, 0.717) is 0 Å². The molecule has 2 N–H and O–H groups in total. The van der Waals surface area contributed by atoms with Crippen LogP contribution in [0.25, 0.3) is 0 Å². The summed E-state index contributed by atoms with van der Waals surface area (Å²) < 4.78 is 19.1. The zero-order chi connectivity index (χ0) is 11.3. The molecule has 0 saturated carbocycles. The Hall–Kier alpha value is -0.541. The van der Waals surface area contributed by atoms with Crippen molar-refractivity contribution >= 4 is 32.5 Å². The molecule has 80 valence electrons. The fourth-order valence-corrected chi connectivity index (χ4v) is 2.39. The van der Waals surface area contributed by atoms with Crippen LogP contribution < -0.4 is 0 Å². The third-order valence-electron chi connectivity index (χ3n) is 1.05. The number of carbonyl (C=O) groups excluding carboxylic acids is 2. The van der Waals surface area contributed by atoms with E-state index in [2.05, 4.69) is 6.15 Å². The third-order valence-corrected chi connectivity index (χ3v) is 3.15. The van der Waals surface area contributed by atoms with Crippen molar-refractivity contribution < 1.29 is 29.0 Å². The Balaban J connectivity index is 4.00. The van der Waals surface area contributed by atoms with Gasteiger partial charge in [0.1, 0.15) is 0 Å². The van der Waals surface area contributed by atoms with Gasteiger partial charge < -0.3 is 0 Å². The molecule has 0 radical (unpaired) electrons. The maximum atomic E-state index is 10.8. The Bertz CT molecular complexity index is 223. The maximum absolute atomic E-state index is 10.8. The van der Waals surface area contributed by atoms with Crippen LogP contribution in [0.5, 0.6) is 0 Å². The van der Waals surface area contributed by atoms with Gasteiger partial charge in [-0.05, 0) is 0 Å². The van der Waals surface area contributed by atoms with Crippen molar-refractivity contribution in [1.29, 1.82) is 0 Å². The zero-order valence-corrected chi connectivity index (χ0v) is 10.4. The van der Waals surface area contributed by atoms with Crippen LogP contribution in [-0.4, -0.2) is 54.9 Å². The first-order chi connectivity index (χ1) is 6.34. The molecule has 0 aromatic rings. The van der Waals surface area contributed by atoms with Crippen LogP contribution >= 0.6 is 0 Å². The van der Waals surface area contributed by atoms with Crippen molar-refractivity contribution in [3.05, 3.63) is 0 Å². The van der Waals surface area contributed by atoms with E-state index in [4.69, 9.17) is 10.2 Å². The van der Waals surface area contributed by atoms with Crippen LogP contribution in [-0.2, 0) is 18.8 Å². The standard InChI is InChI=1S/2C3H6O3.O.Sn/c2*1-2(4)3(5)6;;/h2*2,4H,1H3,(H,5,6);;/q;;;+2/p-2. The Morgan fingerprint density at radius 3 is 1.57 bits per heavy atom. The van der Waals surface area contributed by atoms with Crippen LogP contribution in [0.2, 0.25) is 0 Å². The summed E-state index contributed by atoms with van der Waals surface area (Å²) in [5.41, 5.74) is 0. The van der Waals surface area contributed by atoms with Gasteiger partial charge in [-0.15, -0.1) is 0 Å². The first-order valence-electron chi connectivity index (χ1n) is 3.68. The summed E-state index contributed by atoms with van der Waals surface area (Å²) in [5.74, 6) is -2.24. The van der Waals surface area contributed by atoms with Crippen molar-refractivity contribution in [2.45, 2.75) is 26.1 Å². The van der Waals surface area contributed by atoms with Gasteiger partial charge in [-0.1, -0.05) is 0 Å². The monoisotopic (exact) mass is 314 g/mol. The normalized spacial score (nSPS) is 14.0. The first-order valence-corrected chi connectivity index (χ1v) is 7.17. The van der Waals surface area contributed by atoms with Gasteiger partial charge in [0.2, 0.25) is 0 Å². The summed E-state index contributed by atoms with van der Waals surface area (Å²) in [6, 6.07) is 0. The van der Waals surface area contributed by atoms with Gasteiger partial charge >= 0.3 is 87.6 Å². The molecular weight excluding hydrogens is 303 g/mol. The molecule has 2 unspecified atom stereocenters. The molecule has 0 aromatic heterocycles. The summed E-state index contributed by atoms with van der Waals surface area (Å²) in [7, 11) is 0. The third kappa shape index (κ3) is 5.24. The molecule has 0 aliphatic heterocycles. The van der Waals surface area contributed by atoms with Crippen molar-refractivity contribution in [3.63, 3.8) is 0 Å². The van der Waals surface area contributed by atoms with E-state index in [9.17, 15) is 12.7 Å². The molecule has 0 aromatic carbocycles. The minimum atomic E-state index is -4.25. The van der Waals surface area contributed by atoms with E-state index >= 15 is 0 Å². The second-order valence-electron chi connectivity index (χ2n) is 2.44. The topological polar surface area (TPSA) is 110 Å². The molecule has 14 heavy (non-hydrogen) atoms. The van der Waals surface area contributed by atoms with Crippen molar-refractivity contribution in [2.75, 3.05) is 0 Å². The number of hydrogen-bond donors (Lipinski definition) is 2. The first kappa shape index (κ1) is 13.5. The van der Waals surface area contributed by atoms with E-state index in [-0.39, 0.29) is 0 Å². The predicted octanol–water partition coefficient (Wildman–Crippen LogP) is -1.75. The number of aliphatic hydroxyl groups excluding tert-OH is 2. The molecule has 0 amide bonds. The zero-order valence-electron chi connectivity index (χ0n) is 7.59. The summed E-state index contributed by atoms with van der Waals surface area (Å²) in [6.45, 7) is 2.24. The molecule has 0 bridgehead atoms. The Morgan fingerprint density at radius 1 is 1.07 bits per heavy atom. The molecular formula is C6H10O7Sn. The van der Waals surface area contributed by atoms with E-state index in [0.717, 1.165) is 13.8 Å². The number of hydrogen-bond acceptors (Lipinski definition) is 7. The molecule has 0 saturated heterocycles. The SMILES string of the molecule is CC(O)C(=O)[O][Sn](=[O])[O]C(=O)C(C)O. The van der Waals surface area contributed by atoms with E-state index in [1.54, 1.807) is 0 Å². The quantitative estimate of drug-likeness (QED) is 0.592. The van der Waals surface area contributed by atoms with Crippen LogP contribution in [0, 0.1) is 0 Å². The molecule has 2 atom stereocenters. The van der Waals surface area contributed by atoms with Crippen LogP contribution in [0.4, 0.5) is 0 Å². The average molecular weight is 313 g/mol. The van der Waals surface area contributed by atoms with Crippen LogP contribution in [0.15, 0.2) is 0 Å². The van der Waals surface area contributed by atoms with Crippen LogP contribution in [0.3, 0.4) is 0 Å². The van der Waals surface area contributed by atoms with Gasteiger partial charge in [-0.25, -0.2) is 0 Å². The van der Waals surface area contributed by atoms with Gasteiger partial charge in [-0.3, -0.25) is 0 Å². The molecule has 7 nitrogen and oxygen atoms in total. The van der Waals surface area contributed by atoms with Crippen molar-refractivity contribution in [2.24, 2.45) is 0 Å².